The molecule has 0 aromatic heterocycles. The van der Waals surface area contributed by atoms with Gasteiger partial charge in [0.05, 0.1) is 0 Å². The molecule has 0 spiro atoms. The Morgan fingerprint density at radius 1 is 0.680 bits per heavy atom. The Bertz CT molecular complexity index is 567. The van der Waals surface area contributed by atoms with Crippen LogP contribution in [0.1, 0.15) is 67.2 Å². The maximum atomic E-state index is 9.07. The molecule has 2 heteroatoms. The number of aliphatic hydroxyl groups excluding tert-OH is 2. The van der Waals surface area contributed by atoms with Crippen LogP contribution in [-0.4, -0.2) is 23.4 Å². The van der Waals surface area contributed by atoms with E-state index >= 15 is 0 Å². The van der Waals surface area contributed by atoms with E-state index in [1.165, 1.54) is 22.3 Å². The van der Waals surface area contributed by atoms with Gasteiger partial charge in [0.15, 0.2) is 0 Å². The minimum absolute atomic E-state index is 0.271. The number of hydrogen-bond donors (Lipinski definition) is 2. The maximum Gasteiger partial charge on any atom is 0.0431 e. The van der Waals surface area contributed by atoms with Gasteiger partial charge in [-0.3, -0.25) is 0 Å². The van der Waals surface area contributed by atoms with Crippen LogP contribution in [0.4, 0.5) is 0 Å². The van der Waals surface area contributed by atoms with E-state index in [1.54, 1.807) is 0 Å². The van der Waals surface area contributed by atoms with Gasteiger partial charge >= 0.3 is 0 Å². The van der Waals surface area contributed by atoms with E-state index in [2.05, 4.69) is 55.5 Å². The standard InChI is InChI=1S/C23H32O2/c1-2-21(22-15-5-3-11-19(22)13-7-9-17-24)23-16-6-4-12-20(23)14-8-10-18-25/h3-6,11-12,15-16,21,24-25H,2,7-10,13-14,17-18H2,1H3. The summed E-state index contributed by atoms with van der Waals surface area (Å²) in [5.41, 5.74) is 5.68. The van der Waals surface area contributed by atoms with Crippen LogP contribution in [-0.2, 0) is 12.8 Å². The molecule has 2 aromatic carbocycles. The average Bonchev–Trinajstić information content (AvgIpc) is 2.65. The number of rotatable bonds is 11. The Balaban J connectivity index is 2.28. The Morgan fingerprint density at radius 3 is 1.52 bits per heavy atom. The molecule has 2 rings (SSSR count). The van der Waals surface area contributed by atoms with Crippen molar-refractivity contribution >= 4 is 0 Å². The topological polar surface area (TPSA) is 40.5 Å². The van der Waals surface area contributed by atoms with Crippen molar-refractivity contribution in [3.63, 3.8) is 0 Å². The SMILES string of the molecule is CCC(c1ccccc1CCCCO)c1ccccc1CCCCO. The van der Waals surface area contributed by atoms with E-state index in [4.69, 9.17) is 10.2 Å². The predicted octanol–water partition coefficient (Wildman–Crippen LogP) is 4.86. The zero-order valence-corrected chi connectivity index (χ0v) is 15.5. The van der Waals surface area contributed by atoms with Crippen molar-refractivity contribution in [1.82, 2.24) is 0 Å². The van der Waals surface area contributed by atoms with Crippen LogP contribution < -0.4 is 0 Å². The Labute approximate surface area is 152 Å². The van der Waals surface area contributed by atoms with Crippen LogP contribution in [0.15, 0.2) is 48.5 Å². The lowest BCUT2D eigenvalue weighted by atomic mass is 9.82. The first-order valence-corrected chi connectivity index (χ1v) is 9.69. The molecule has 136 valence electrons. The van der Waals surface area contributed by atoms with Crippen LogP contribution in [0.25, 0.3) is 0 Å². The molecule has 2 N–H and O–H groups in total. The summed E-state index contributed by atoms with van der Waals surface area (Å²) < 4.78 is 0. The highest BCUT2D eigenvalue weighted by molar-refractivity contribution is 5.41. The van der Waals surface area contributed by atoms with Crippen LogP contribution in [0.5, 0.6) is 0 Å². The average molecular weight is 341 g/mol. The molecule has 0 aliphatic rings. The van der Waals surface area contributed by atoms with Crippen molar-refractivity contribution in [2.75, 3.05) is 13.2 Å². The zero-order valence-electron chi connectivity index (χ0n) is 15.5. The van der Waals surface area contributed by atoms with Gasteiger partial charge in [-0.15, -0.1) is 0 Å². The van der Waals surface area contributed by atoms with Crippen LogP contribution >= 0.6 is 0 Å². The first-order chi connectivity index (χ1) is 12.3. The van der Waals surface area contributed by atoms with Crippen molar-refractivity contribution < 1.29 is 10.2 Å². The fourth-order valence-electron chi connectivity index (χ4n) is 3.67. The van der Waals surface area contributed by atoms with Gasteiger partial charge in [-0.1, -0.05) is 55.5 Å². The molecule has 0 saturated heterocycles. The molecular formula is C23H32O2. The van der Waals surface area contributed by atoms with E-state index in [-0.39, 0.29) is 13.2 Å². The molecule has 2 aromatic rings. The summed E-state index contributed by atoms with van der Waals surface area (Å²) in [6.45, 7) is 2.81. The lowest BCUT2D eigenvalue weighted by molar-refractivity contribution is 0.284. The molecule has 0 amide bonds. The first-order valence-electron chi connectivity index (χ1n) is 9.69. The third-order valence-corrected chi connectivity index (χ3v) is 4.98. The molecule has 25 heavy (non-hydrogen) atoms. The molecule has 0 fully saturated rings. The van der Waals surface area contributed by atoms with Crippen LogP contribution in [0.2, 0.25) is 0 Å². The second-order valence-electron chi connectivity index (χ2n) is 6.72. The van der Waals surface area contributed by atoms with E-state index in [0.717, 1.165) is 44.9 Å². The quantitative estimate of drug-likeness (QED) is 0.574. The smallest absolute Gasteiger partial charge is 0.0431 e. The summed E-state index contributed by atoms with van der Waals surface area (Å²) in [5.74, 6) is 0.413. The van der Waals surface area contributed by atoms with Gasteiger partial charge in [-0.25, -0.2) is 0 Å². The van der Waals surface area contributed by atoms with Gasteiger partial charge in [0.2, 0.25) is 0 Å². The third-order valence-electron chi connectivity index (χ3n) is 4.98. The van der Waals surface area contributed by atoms with Gasteiger partial charge in [-0.2, -0.15) is 0 Å². The summed E-state index contributed by atoms with van der Waals surface area (Å²) in [6.07, 6.45) is 6.92. The first kappa shape index (κ1) is 19.7. The van der Waals surface area contributed by atoms with Gasteiger partial charge in [0.25, 0.3) is 0 Å². The number of unbranched alkanes of at least 4 members (excludes halogenated alkanes) is 2. The molecule has 0 heterocycles. The highest BCUT2D eigenvalue weighted by Gasteiger charge is 2.18. The normalized spacial score (nSPS) is 11.2. The molecule has 0 aliphatic heterocycles. The Morgan fingerprint density at radius 2 is 1.12 bits per heavy atom. The van der Waals surface area contributed by atoms with Crippen molar-refractivity contribution in [1.29, 1.82) is 0 Å². The van der Waals surface area contributed by atoms with Crippen molar-refractivity contribution in [3.05, 3.63) is 70.8 Å². The molecule has 0 aliphatic carbocycles. The highest BCUT2D eigenvalue weighted by Crippen LogP contribution is 2.33. The third kappa shape index (κ3) is 5.69. The second kappa shape index (κ2) is 11.1. The highest BCUT2D eigenvalue weighted by atomic mass is 16.3. The molecule has 0 bridgehead atoms. The lowest BCUT2D eigenvalue weighted by Crippen LogP contribution is -2.07. The second-order valence-corrected chi connectivity index (χ2v) is 6.72. The van der Waals surface area contributed by atoms with Gasteiger partial charge in [-0.05, 0) is 67.2 Å². The monoisotopic (exact) mass is 340 g/mol. The van der Waals surface area contributed by atoms with E-state index in [9.17, 15) is 0 Å². The molecule has 0 atom stereocenters. The lowest BCUT2D eigenvalue weighted by Gasteiger charge is -2.23. The predicted molar refractivity (Wildman–Crippen MR) is 105 cm³/mol. The Kier molecular flexibility index (Phi) is 8.71. The summed E-state index contributed by atoms with van der Waals surface area (Å²) in [6, 6.07) is 17.5. The zero-order chi connectivity index (χ0) is 17.9. The van der Waals surface area contributed by atoms with Gasteiger partial charge in [0, 0.05) is 19.1 Å². The summed E-state index contributed by atoms with van der Waals surface area (Å²) in [7, 11) is 0. The van der Waals surface area contributed by atoms with Crippen molar-refractivity contribution in [2.45, 2.75) is 57.8 Å². The van der Waals surface area contributed by atoms with Crippen LogP contribution in [0.3, 0.4) is 0 Å². The molecule has 0 unspecified atom stereocenters. The molecule has 0 saturated carbocycles. The van der Waals surface area contributed by atoms with E-state index < -0.39 is 0 Å². The molecule has 0 radical (unpaired) electrons. The number of aliphatic hydroxyl groups is 2. The Hall–Kier alpha value is -1.64. The van der Waals surface area contributed by atoms with E-state index in [0.29, 0.717) is 5.92 Å². The van der Waals surface area contributed by atoms with Crippen LogP contribution in [0, 0.1) is 0 Å². The van der Waals surface area contributed by atoms with E-state index in [1.807, 2.05) is 0 Å². The number of aryl methyl sites for hydroxylation is 2. The molecule has 2 nitrogen and oxygen atoms in total. The fourth-order valence-corrected chi connectivity index (χ4v) is 3.67. The minimum Gasteiger partial charge on any atom is -0.396 e. The fraction of sp³-hybridized carbons (Fsp3) is 0.478. The number of hydrogen-bond acceptors (Lipinski definition) is 2. The van der Waals surface area contributed by atoms with Gasteiger partial charge in [0.1, 0.15) is 0 Å². The molecular weight excluding hydrogens is 308 g/mol. The summed E-state index contributed by atoms with van der Waals surface area (Å²) in [4.78, 5) is 0. The number of benzene rings is 2. The largest absolute Gasteiger partial charge is 0.396 e. The van der Waals surface area contributed by atoms with Crippen molar-refractivity contribution in [2.24, 2.45) is 0 Å². The summed E-state index contributed by atoms with van der Waals surface area (Å²) in [5, 5.41) is 18.1. The van der Waals surface area contributed by atoms with Gasteiger partial charge < -0.3 is 10.2 Å². The maximum absolute atomic E-state index is 9.07. The minimum atomic E-state index is 0.271. The van der Waals surface area contributed by atoms with Crippen molar-refractivity contribution in [3.8, 4) is 0 Å². The summed E-state index contributed by atoms with van der Waals surface area (Å²) >= 11 is 0.